The van der Waals surface area contributed by atoms with E-state index in [9.17, 15) is 24.9 Å². The van der Waals surface area contributed by atoms with Gasteiger partial charge in [0.15, 0.2) is 11.5 Å². The molecule has 2 aliphatic rings. The van der Waals surface area contributed by atoms with E-state index in [1.807, 2.05) is 31.2 Å². The number of aliphatic hydroxyl groups is 3. The van der Waals surface area contributed by atoms with Crippen LogP contribution in [0, 0.1) is 0 Å². The number of unbranched alkanes of at least 4 members (excludes halogenated alkanes) is 1. The number of carbonyl (C=O) groups is 2. The molecule has 4 rings (SSSR count). The summed E-state index contributed by atoms with van der Waals surface area (Å²) in [7, 11) is 3.08. The molecular weight excluding hydrogens is 528 g/mol. The molecule has 10 nitrogen and oxygen atoms in total. The van der Waals surface area contributed by atoms with Crippen molar-refractivity contribution in [3.05, 3.63) is 64.7 Å². The van der Waals surface area contributed by atoms with Crippen molar-refractivity contribution in [1.29, 1.82) is 0 Å². The summed E-state index contributed by atoms with van der Waals surface area (Å²) in [5, 5.41) is 33.7. The fraction of sp³-hybridized carbons (Fsp3) is 0.484. The van der Waals surface area contributed by atoms with E-state index in [4.69, 9.17) is 14.2 Å². The van der Waals surface area contributed by atoms with Gasteiger partial charge in [-0.15, -0.1) is 0 Å². The molecule has 2 aromatic rings. The standard InChI is InChI=1S/C31H40N2O8/c1-4-5-10-26(36)33(13-11-20-8-6-7-9-24(20)39-2)23-17-22(31(38)32-12-14-34)27-21-15-19(18-35)16-25(40-3)29(21)41-30(27)28(23)37/h6-9,15-17,23,27-28,30,34-35,37H,4-5,10-14,18H2,1-3H3,(H,32,38)/t23-,27+,28+,30+/m1/s1. The van der Waals surface area contributed by atoms with Crippen LogP contribution in [0.25, 0.3) is 0 Å². The molecule has 0 spiro atoms. The predicted octanol–water partition coefficient (Wildman–Crippen LogP) is 2.08. The number of methoxy groups -OCH3 is 2. The van der Waals surface area contributed by atoms with Crippen LogP contribution in [-0.4, -0.2) is 84.2 Å². The van der Waals surface area contributed by atoms with E-state index >= 15 is 0 Å². The average molecular weight is 569 g/mol. The van der Waals surface area contributed by atoms with E-state index in [-0.39, 0.29) is 32.2 Å². The minimum atomic E-state index is -1.16. The van der Waals surface area contributed by atoms with Crippen LogP contribution in [0.2, 0.25) is 0 Å². The molecule has 10 heteroatoms. The largest absolute Gasteiger partial charge is 0.496 e. The first-order chi connectivity index (χ1) is 19.9. The van der Waals surface area contributed by atoms with E-state index in [2.05, 4.69) is 5.32 Å². The Hall–Kier alpha value is -3.60. The molecule has 2 aromatic carbocycles. The number of fused-ring (bicyclic) bond motifs is 3. The third-order valence-corrected chi connectivity index (χ3v) is 7.73. The Morgan fingerprint density at radius 3 is 2.54 bits per heavy atom. The number of nitrogens with one attached hydrogen (secondary N) is 1. The van der Waals surface area contributed by atoms with Gasteiger partial charge in [0.1, 0.15) is 18.0 Å². The number of rotatable bonds is 13. The van der Waals surface area contributed by atoms with Crippen molar-refractivity contribution in [2.45, 2.75) is 63.4 Å². The van der Waals surface area contributed by atoms with Crippen LogP contribution in [0.5, 0.6) is 17.2 Å². The van der Waals surface area contributed by atoms with Gasteiger partial charge in [-0.2, -0.15) is 0 Å². The van der Waals surface area contributed by atoms with Gasteiger partial charge in [0.05, 0.1) is 39.4 Å². The molecule has 0 bridgehead atoms. The van der Waals surface area contributed by atoms with Gasteiger partial charge < -0.3 is 39.7 Å². The molecule has 0 unspecified atom stereocenters. The molecule has 41 heavy (non-hydrogen) atoms. The normalized spacial score (nSPS) is 20.8. The number of hydrogen-bond donors (Lipinski definition) is 4. The highest BCUT2D eigenvalue weighted by molar-refractivity contribution is 5.96. The molecule has 0 saturated heterocycles. The molecule has 2 amide bonds. The smallest absolute Gasteiger partial charge is 0.247 e. The summed E-state index contributed by atoms with van der Waals surface area (Å²) in [6.07, 6.45) is 1.91. The zero-order chi connectivity index (χ0) is 29.5. The third-order valence-electron chi connectivity index (χ3n) is 7.73. The van der Waals surface area contributed by atoms with E-state index < -0.39 is 30.1 Å². The van der Waals surface area contributed by atoms with Crippen LogP contribution in [0.15, 0.2) is 48.0 Å². The number of benzene rings is 2. The molecule has 0 aromatic heterocycles. The molecule has 4 N–H and O–H groups in total. The molecule has 1 heterocycles. The maximum Gasteiger partial charge on any atom is 0.247 e. The average Bonchev–Trinajstić information content (AvgIpc) is 3.39. The van der Waals surface area contributed by atoms with Crippen LogP contribution in [0.3, 0.4) is 0 Å². The zero-order valence-electron chi connectivity index (χ0n) is 23.8. The quantitative estimate of drug-likeness (QED) is 0.288. The van der Waals surface area contributed by atoms with Crippen molar-refractivity contribution in [2.24, 2.45) is 0 Å². The molecular formula is C31H40N2O8. The number of para-hydroxylation sites is 1. The lowest BCUT2D eigenvalue weighted by molar-refractivity contribution is -0.137. The summed E-state index contributed by atoms with van der Waals surface area (Å²) < 4.78 is 17.3. The van der Waals surface area contributed by atoms with Crippen LogP contribution in [0.1, 0.15) is 48.8 Å². The van der Waals surface area contributed by atoms with Gasteiger partial charge in [0, 0.05) is 30.6 Å². The van der Waals surface area contributed by atoms with Crippen LogP contribution in [-0.2, 0) is 22.6 Å². The highest BCUT2D eigenvalue weighted by Crippen LogP contribution is 2.51. The van der Waals surface area contributed by atoms with Gasteiger partial charge in [-0.05, 0) is 48.2 Å². The maximum absolute atomic E-state index is 13.6. The fourth-order valence-electron chi connectivity index (χ4n) is 5.68. The predicted molar refractivity (Wildman–Crippen MR) is 152 cm³/mol. The van der Waals surface area contributed by atoms with E-state index in [1.54, 1.807) is 30.2 Å². The minimum Gasteiger partial charge on any atom is -0.496 e. The lowest BCUT2D eigenvalue weighted by atomic mass is 9.77. The summed E-state index contributed by atoms with van der Waals surface area (Å²) >= 11 is 0. The molecule has 1 aliphatic heterocycles. The SMILES string of the molecule is CCCCC(=O)N(CCc1ccccc1OC)[C@@H]1C=C(C(=O)NCCO)[C@@H]2c3cc(CO)cc(OC)c3O[C@@H]2[C@H]1O. The van der Waals surface area contributed by atoms with Crippen molar-refractivity contribution in [1.82, 2.24) is 10.2 Å². The Kier molecular flexibility index (Phi) is 10.3. The molecule has 1 aliphatic carbocycles. The summed E-state index contributed by atoms with van der Waals surface area (Å²) in [6, 6.07) is 10.1. The second-order valence-corrected chi connectivity index (χ2v) is 10.3. The number of hydrogen-bond acceptors (Lipinski definition) is 8. The van der Waals surface area contributed by atoms with Crippen molar-refractivity contribution in [3.63, 3.8) is 0 Å². The summed E-state index contributed by atoms with van der Waals surface area (Å²) in [5.74, 6) is 0.244. The monoisotopic (exact) mass is 568 g/mol. The third kappa shape index (κ3) is 6.34. The Balaban J connectivity index is 1.76. The topological polar surface area (TPSA) is 138 Å². The second-order valence-electron chi connectivity index (χ2n) is 10.3. The highest BCUT2D eigenvalue weighted by atomic mass is 16.5. The Morgan fingerprint density at radius 2 is 1.85 bits per heavy atom. The first-order valence-electron chi connectivity index (χ1n) is 14.1. The molecule has 0 fully saturated rings. The van der Waals surface area contributed by atoms with E-state index in [0.717, 1.165) is 12.0 Å². The van der Waals surface area contributed by atoms with Crippen LogP contribution < -0.4 is 19.5 Å². The van der Waals surface area contributed by atoms with E-state index in [1.165, 1.54) is 7.11 Å². The van der Waals surface area contributed by atoms with Gasteiger partial charge in [-0.25, -0.2) is 0 Å². The van der Waals surface area contributed by atoms with Crippen molar-refractivity contribution < 1.29 is 39.1 Å². The molecule has 0 radical (unpaired) electrons. The Morgan fingerprint density at radius 1 is 1.10 bits per heavy atom. The summed E-state index contributed by atoms with van der Waals surface area (Å²) in [6.45, 7) is 1.85. The first kappa shape index (κ1) is 30.4. The number of ether oxygens (including phenoxy) is 3. The molecule has 0 saturated carbocycles. The Labute approximate surface area is 240 Å². The van der Waals surface area contributed by atoms with Gasteiger partial charge in [-0.3, -0.25) is 9.59 Å². The molecule has 222 valence electrons. The van der Waals surface area contributed by atoms with Crippen molar-refractivity contribution in [2.75, 3.05) is 33.9 Å². The highest BCUT2D eigenvalue weighted by Gasteiger charge is 2.51. The maximum atomic E-state index is 13.6. The first-order valence-corrected chi connectivity index (χ1v) is 14.1. The van der Waals surface area contributed by atoms with Crippen LogP contribution in [0.4, 0.5) is 0 Å². The van der Waals surface area contributed by atoms with Crippen LogP contribution >= 0.6 is 0 Å². The fourth-order valence-corrected chi connectivity index (χ4v) is 5.68. The van der Waals surface area contributed by atoms with Gasteiger partial charge in [-0.1, -0.05) is 31.5 Å². The second kappa shape index (κ2) is 13.8. The van der Waals surface area contributed by atoms with Gasteiger partial charge in [0.25, 0.3) is 0 Å². The lowest BCUT2D eigenvalue weighted by Gasteiger charge is -2.41. The van der Waals surface area contributed by atoms with Gasteiger partial charge >= 0.3 is 0 Å². The number of carbonyl (C=O) groups excluding carboxylic acids is 2. The number of nitrogens with zero attached hydrogens (tertiary/aromatic N) is 1. The van der Waals surface area contributed by atoms with Gasteiger partial charge in [0.2, 0.25) is 11.8 Å². The van der Waals surface area contributed by atoms with Crippen molar-refractivity contribution >= 4 is 11.8 Å². The lowest BCUT2D eigenvalue weighted by Crippen LogP contribution is -2.56. The van der Waals surface area contributed by atoms with E-state index in [0.29, 0.717) is 53.2 Å². The number of amides is 2. The zero-order valence-corrected chi connectivity index (χ0v) is 23.8. The van der Waals surface area contributed by atoms with Crippen molar-refractivity contribution in [3.8, 4) is 17.2 Å². The Bertz CT molecular complexity index is 1260. The summed E-state index contributed by atoms with van der Waals surface area (Å²) in [4.78, 5) is 28.7. The minimum absolute atomic E-state index is 0.0431. The summed E-state index contributed by atoms with van der Waals surface area (Å²) in [5.41, 5.74) is 2.42. The number of aliphatic hydroxyl groups excluding tert-OH is 3. The molecule has 4 atom stereocenters.